The Morgan fingerprint density at radius 3 is 2.70 bits per heavy atom. The van der Waals surface area contributed by atoms with Gasteiger partial charge in [-0.3, -0.25) is 4.90 Å². The number of hydrogen-bond acceptors (Lipinski definition) is 3. The molecule has 1 atom stereocenters. The Morgan fingerprint density at radius 1 is 1.35 bits per heavy atom. The van der Waals surface area contributed by atoms with E-state index in [1.54, 1.807) is 0 Å². The van der Waals surface area contributed by atoms with Crippen molar-refractivity contribution in [2.75, 3.05) is 19.6 Å². The molecule has 0 radical (unpaired) electrons. The van der Waals surface area contributed by atoms with Crippen molar-refractivity contribution in [2.24, 2.45) is 11.7 Å². The fourth-order valence-corrected chi connectivity index (χ4v) is 3.96. The van der Waals surface area contributed by atoms with Crippen LogP contribution in [-0.2, 0) is 12.0 Å². The van der Waals surface area contributed by atoms with E-state index in [4.69, 9.17) is 5.73 Å². The summed E-state index contributed by atoms with van der Waals surface area (Å²) in [5.74, 6) is 0.820. The summed E-state index contributed by atoms with van der Waals surface area (Å²) in [6.07, 6.45) is 3.89. The van der Waals surface area contributed by atoms with Crippen molar-refractivity contribution in [3.8, 4) is 0 Å². The first-order valence-corrected chi connectivity index (χ1v) is 8.32. The molecule has 1 unspecified atom stereocenters. The fraction of sp³-hybridized carbons (Fsp3) is 0.750. The summed E-state index contributed by atoms with van der Waals surface area (Å²) in [7, 11) is 0. The van der Waals surface area contributed by atoms with Gasteiger partial charge in [-0.15, -0.1) is 23.7 Å². The first-order valence-electron chi connectivity index (χ1n) is 7.50. The van der Waals surface area contributed by atoms with Crippen LogP contribution in [0.15, 0.2) is 12.1 Å². The number of piperidine rings is 1. The van der Waals surface area contributed by atoms with E-state index < -0.39 is 0 Å². The molecule has 2 nitrogen and oxygen atoms in total. The number of likely N-dealkylation sites (tertiary alicyclic amines) is 1. The second-order valence-corrected chi connectivity index (χ2v) is 8.01. The van der Waals surface area contributed by atoms with Gasteiger partial charge in [0, 0.05) is 22.8 Å². The Kier molecular flexibility index (Phi) is 6.99. The second kappa shape index (κ2) is 7.79. The van der Waals surface area contributed by atoms with Gasteiger partial charge in [-0.25, -0.2) is 0 Å². The zero-order valence-electron chi connectivity index (χ0n) is 13.0. The van der Waals surface area contributed by atoms with Gasteiger partial charge in [-0.05, 0) is 55.8 Å². The summed E-state index contributed by atoms with van der Waals surface area (Å²) < 4.78 is 0. The minimum atomic E-state index is 0. The maximum Gasteiger partial charge on any atom is 0.0328 e. The standard InChI is InChI=1S/C16H28N2S.ClH/c1-16(2,3)15-7-6-14(19-15)12-18-10-4-5-13(11-18)8-9-17;/h6-7,13H,4-5,8-12,17H2,1-3H3;1H. The van der Waals surface area contributed by atoms with Crippen molar-refractivity contribution in [2.45, 2.75) is 52.0 Å². The summed E-state index contributed by atoms with van der Waals surface area (Å²) in [5.41, 5.74) is 5.98. The predicted molar refractivity (Wildman–Crippen MR) is 91.9 cm³/mol. The molecule has 1 aromatic rings. The number of thiophene rings is 1. The molecule has 1 aromatic heterocycles. The highest BCUT2D eigenvalue weighted by Crippen LogP contribution is 2.31. The number of nitrogens with zero attached hydrogens (tertiary/aromatic N) is 1. The van der Waals surface area contributed by atoms with Crippen LogP contribution >= 0.6 is 23.7 Å². The van der Waals surface area contributed by atoms with E-state index in [-0.39, 0.29) is 17.8 Å². The maximum atomic E-state index is 5.69. The molecule has 0 amide bonds. The summed E-state index contributed by atoms with van der Waals surface area (Å²) in [5, 5.41) is 0. The van der Waals surface area contributed by atoms with Crippen molar-refractivity contribution >= 4 is 23.7 Å². The van der Waals surface area contributed by atoms with Crippen LogP contribution in [0, 0.1) is 5.92 Å². The highest BCUT2D eigenvalue weighted by molar-refractivity contribution is 7.12. The largest absolute Gasteiger partial charge is 0.330 e. The summed E-state index contributed by atoms with van der Waals surface area (Å²) >= 11 is 1.98. The molecule has 2 heterocycles. The average molecular weight is 317 g/mol. The van der Waals surface area contributed by atoms with Crippen molar-refractivity contribution in [1.82, 2.24) is 4.90 Å². The zero-order valence-corrected chi connectivity index (χ0v) is 14.7. The third-order valence-electron chi connectivity index (χ3n) is 3.96. The lowest BCUT2D eigenvalue weighted by Crippen LogP contribution is -2.35. The SMILES string of the molecule is CC(C)(C)c1ccc(CN2CCCC(CCN)C2)s1.Cl. The molecule has 1 saturated heterocycles. The monoisotopic (exact) mass is 316 g/mol. The Bertz CT molecular complexity index is 395. The average Bonchev–Trinajstić information content (AvgIpc) is 2.78. The molecule has 4 heteroatoms. The van der Waals surface area contributed by atoms with Crippen LogP contribution in [0.4, 0.5) is 0 Å². The van der Waals surface area contributed by atoms with Crippen molar-refractivity contribution in [3.63, 3.8) is 0 Å². The van der Waals surface area contributed by atoms with E-state index in [0.717, 1.165) is 19.0 Å². The molecule has 0 bridgehead atoms. The van der Waals surface area contributed by atoms with Gasteiger partial charge in [-0.1, -0.05) is 20.8 Å². The van der Waals surface area contributed by atoms with Gasteiger partial charge in [0.15, 0.2) is 0 Å². The number of hydrogen-bond donors (Lipinski definition) is 1. The molecule has 2 N–H and O–H groups in total. The van der Waals surface area contributed by atoms with E-state index in [1.807, 2.05) is 11.3 Å². The molecule has 0 spiro atoms. The first-order chi connectivity index (χ1) is 8.99. The van der Waals surface area contributed by atoms with E-state index >= 15 is 0 Å². The molecule has 20 heavy (non-hydrogen) atoms. The minimum absolute atomic E-state index is 0. The van der Waals surface area contributed by atoms with Gasteiger partial charge in [0.1, 0.15) is 0 Å². The third kappa shape index (κ3) is 5.03. The van der Waals surface area contributed by atoms with E-state index in [0.29, 0.717) is 0 Å². The zero-order chi connectivity index (χ0) is 13.9. The van der Waals surface area contributed by atoms with E-state index in [9.17, 15) is 0 Å². The van der Waals surface area contributed by atoms with Crippen molar-refractivity contribution < 1.29 is 0 Å². The van der Waals surface area contributed by atoms with Crippen LogP contribution < -0.4 is 5.73 Å². The first kappa shape index (κ1) is 18.0. The number of nitrogens with two attached hydrogens (primary N) is 1. The molecule has 1 aliphatic rings. The summed E-state index contributed by atoms with van der Waals surface area (Å²) in [6, 6.07) is 4.62. The molecule has 116 valence electrons. The molecule has 1 aliphatic heterocycles. The van der Waals surface area contributed by atoms with Crippen molar-refractivity contribution in [1.29, 1.82) is 0 Å². The minimum Gasteiger partial charge on any atom is -0.330 e. The van der Waals surface area contributed by atoms with Gasteiger partial charge in [0.25, 0.3) is 0 Å². The Morgan fingerprint density at radius 2 is 2.10 bits per heavy atom. The van der Waals surface area contributed by atoms with Gasteiger partial charge in [0.05, 0.1) is 0 Å². The topological polar surface area (TPSA) is 29.3 Å². The van der Waals surface area contributed by atoms with Crippen LogP contribution in [0.25, 0.3) is 0 Å². The van der Waals surface area contributed by atoms with Gasteiger partial charge >= 0.3 is 0 Å². The van der Waals surface area contributed by atoms with Gasteiger partial charge in [-0.2, -0.15) is 0 Å². The summed E-state index contributed by atoms with van der Waals surface area (Å²) in [6.45, 7) is 11.3. The Hall–Kier alpha value is -0.0900. The van der Waals surface area contributed by atoms with E-state index in [2.05, 4.69) is 37.8 Å². The third-order valence-corrected chi connectivity index (χ3v) is 5.45. The lowest BCUT2D eigenvalue weighted by atomic mass is 9.94. The highest BCUT2D eigenvalue weighted by atomic mass is 35.5. The van der Waals surface area contributed by atoms with Crippen LogP contribution in [0.5, 0.6) is 0 Å². The fourth-order valence-electron chi connectivity index (χ4n) is 2.85. The number of rotatable bonds is 4. The second-order valence-electron chi connectivity index (χ2n) is 6.84. The van der Waals surface area contributed by atoms with Crippen LogP contribution in [0.2, 0.25) is 0 Å². The molecule has 2 rings (SSSR count). The van der Waals surface area contributed by atoms with E-state index in [1.165, 1.54) is 42.1 Å². The molecule has 0 aliphatic carbocycles. The smallest absolute Gasteiger partial charge is 0.0328 e. The highest BCUT2D eigenvalue weighted by Gasteiger charge is 2.21. The van der Waals surface area contributed by atoms with Crippen LogP contribution in [0.3, 0.4) is 0 Å². The molecule has 0 saturated carbocycles. The maximum absolute atomic E-state index is 5.69. The van der Waals surface area contributed by atoms with Gasteiger partial charge < -0.3 is 5.73 Å². The van der Waals surface area contributed by atoms with Crippen molar-refractivity contribution in [3.05, 3.63) is 21.9 Å². The summed E-state index contributed by atoms with van der Waals surface area (Å²) in [4.78, 5) is 5.62. The molecular formula is C16H29ClN2S. The normalized spacial score (nSPS) is 20.7. The Balaban J connectivity index is 0.00000200. The molecular weight excluding hydrogens is 288 g/mol. The lowest BCUT2D eigenvalue weighted by Gasteiger charge is -2.32. The number of halogens is 1. The van der Waals surface area contributed by atoms with Crippen LogP contribution in [-0.4, -0.2) is 24.5 Å². The quantitative estimate of drug-likeness (QED) is 0.908. The molecule has 0 aromatic carbocycles. The van der Waals surface area contributed by atoms with Crippen LogP contribution in [0.1, 0.15) is 49.8 Å². The lowest BCUT2D eigenvalue weighted by molar-refractivity contribution is 0.164. The predicted octanol–water partition coefficient (Wildman–Crippen LogP) is 4.03. The van der Waals surface area contributed by atoms with Gasteiger partial charge in [0.2, 0.25) is 0 Å². The Labute approximate surface area is 134 Å². The molecule has 1 fully saturated rings.